The van der Waals surface area contributed by atoms with Gasteiger partial charge in [-0.1, -0.05) is 582 Å². The largest absolute Gasteiger partial charge is 0.489 e. The maximum atomic E-state index is 7.08. The molecule has 1 heterocycles. The van der Waals surface area contributed by atoms with Gasteiger partial charge in [-0.3, -0.25) is 0 Å². The first-order valence-corrected chi connectivity index (χ1v) is 63.6. The maximum Gasteiger partial charge on any atom is 0.233 e. The summed E-state index contributed by atoms with van der Waals surface area (Å²) in [5.74, 6) is 7.04. The smallest absolute Gasteiger partial charge is 0.233 e. The molecule has 0 aliphatic rings. The fourth-order valence-corrected chi connectivity index (χ4v) is 19.9. The van der Waals surface area contributed by atoms with Gasteiger partial charge in [-0.2, -0.15) is 15.0 Å². The lowest BCUT2D eigenvalue weighted by Crippen LogP contribution is -2.10. The van der Waals surface area contributed by atoms with Crippen LogP contribution in [0.1, 0.15) is 640 Å². The van der Waals surface area contributed by atoms with E-state index < -0.39 is 0 Å². The Morgan fingerprint density at radius 1 is 0.132 bits per heavy atom. The first kappa shape index (κ1) is 131. The molecule has 0 spiro atoms. The zero-order chi connectivity index (χ0) is 103. The van der Waals surface area contributed by atoms with Gasteiger partial charge in [0.25, 0.3) is 0 Å². The predicted octanol–water partition coefficient (Wildman–Crippen LogP) is 43.8. The van der Waals surface area contributed by atoms with Crippen LogP contribution in [0.15, 0.2) is 36.4 Å². The van der Waals surface area contributed by atoms with Crippen LogP contribution in [0.4, 0.5) is 34.9 Å². The molecule has 3 aromatic carbocycles. The van der Waals surface area contributed by atoms with E-state index in [2.05, 4.69) is 115 Å². The van der Waals surface area contributed by atoms with Crippen molar-refractivity contribution in [1.82, 2.24) is 15.0 Å². The molecule has 144 heavy (non-hydrogen) atoms. The lowest BCUT2D eigenvalue weighted by molar-refractivity contribution is 0.234. The highest BCUT2D eigenvalue weighted by Crippen LogP contribution is 2.46. The molecule has 834 valence electrons. The molecule has 0 amide bonds. The van der Waals surface area contributed by atoms with E-state index in [0.717, 1.165) is 133 Å². The van der Waals surface area contributed by atoms with Gasteiger partial charge in [0.1, 0.15) is 0 Å². The van der Waals surface area contributed by atoms with Gasteiger partial charge in [0.15, 0.2) is 34.5 Å². The molecule has 0 bridgehead atoms. The quantitative estimate of drug-likeness (QED) is 0.0358. The van der Waals surface area contributed by atoms with Crippen molar-refractivity contribution in [2.45, 2.75) is 640 Å². The number of aromatic nitrogens is 3. The SMILES string of the molecule is CCCCCCCCCCCCOc1cc(Nc2nc(Nc3cc(OCCCCCCCCCCCC)c(OCCCCCCCCCCCC)c(OCCCCCCCCCCCC)c3)nc(Nc3cc(OCCCCCCCCCCCC)c(OCCCCCCCCCCCC)c(OCCCCCCCCCCCC)c3)n2)cc(OCCCCCCCCCCCC)c1OCCCCCCCCCCCC. The van der Waals surface area contributed by atoms with Crippen molar-refractivity contribution in [2.24, 2.45) is 0 Å². The molecule has 4 rings (SSSR count). The van der Waals surface area contributed by atoms with Gasteiger partial charge in [-0.05, 0) is 57.8 Å². The van der Waals surface area contributed by atoms with Gasteiger partial charge in [-0.15, -0.1) is 0 Å². The monoisotopic (exact) mass is 2010 g/mol. The fraction of sp³-hybridized carbons (Fsp3) is 0.837. The molecule has 15 nitrogen and oxygen atoms in total. The third kappa shape index (κ3) is 74.2. The van der Waals surface area contributed by atoms with Crippen molar-refractivity contribution < 1.29 is 42.6 Å². The summed E-state index contributed by atoms with van der Waals surface area (Å²) in [6, 6.07) is 12.6. The third-order valence-electron chi connectivity index (χ3n) is 29.2. The van der Waals surface area contributed by atoms with Crippen LogP contribution in [0.3, 0.4) is 0 Å². The molecule has 0 saturated heterocycles. The predicted molar refractivity (Wildman–Crippen MR) is 625 cm³/mol. The molecular formula is C129H234N6O9. The first-order valence-electron chi connectivity index (χ1n) is 63.6. The Morgan fingerprint density at radius 2 is 0.229 bits per heavy atom. The molecule has 0 fully saturated rings. The summed E-state index contributed by atoms with van der Waals surface area (Å²) in [6.07, 6.45) is 113. The number of nitrogens with zero attached hydrogens (tertiary/aromatic N) is 3. The molecule has 0 atom stereocenters. The van der Waals surface area contributed by atoms with Crippen molar-refractivity contribution in [3.05, 3.63) is 36.4 Å². The summed E-state index contributed by atoms with van der Waals surface area (Å²) in [4.78, 5) is 16.2. The van der Waals surface area contributed by atoms with Crippen molar-refractivity contribution in [2.75, 3.05) is 75.4 Å². The molecule has 0 saturated carbocycles. The Bertz CT molecular complexity index is 2910. The standard InChI is InChI=1S/C129H234N6O9/c1-10-19-28-37-46-55-64-73-82-91-100-136-118-109-115(110-119(137-101-92-83-74-65-56-47-38-29-20-11-2)124(118)142-106-97-88-79-70-61-52-43-34-25-16-7)130-127-133-128(131-116-111-120(138-102-93-84-75-66-57-48-39-30-21-12-3)125(143-107-98-89-80-71-62-53-44-35-26-17-8)121(112-116)139-103-94-85-76-67-58-49-40-31-22-13-4)135-129(134-127)132-117-113-122(140-104-95-86-77-68-59-50-41-32-23-14-5)126(144-108-99-90-81-72-63-54-45-36-27-18-9)123(114-117)141-105-96-87-78-69-60-51-42-33-24-15-6/h109-114H,10-108H2,1-9H3,(H3,130,131,132,133,134,135). The Morgan fingerprint density at radius 3 is 0.340 bits per heavy atom. The molecule has 4 aromatic rings. The third-order valence-corrected chi connectivity index (χ3v) is 29.2. The van der Waals surface area contributed by atoms with Crippen LogP contribution < -0.4 is 58.6 Å². The number of nitrogens with one attached hydrogen (secondary N) is 3. The van der Waals surface area contributed by atoms with E-state index in [9.17, 15) is 0 Å². The Balaban J connectivity index is 2.03. The number of benzene rings is 3. The summed E-state index contributed by atoms with van der Waals surface area (Å²) in [5.41, 5.74) is 2.18. The van der Waals surface area contributed by atoms with Gasteiger partial charge in [0.2, 0.25) is 35.1 Å². The average molecular weight is 2010 g/mol. The van der Waals surface area contributed by atoms with Crippen molar-refractivity contribution in [1.29, 1.82) is 0 Å². The van der Waals surface area contributed by atoms with E-state index in [-0.39, 0.29) is 0 Å². The van der Waals surface area contributed by atoms with E-state index in [4.69, 9.17) is 57.6 Å². The Labute approximate surface area is 890 Å². The van der Waals surface area contributed by atoms with Crippen LogP contribution >= 0.6 is 0 Å². The van der Waals surface area contributed by atoms with Crippen LogP contribution in [-0.2, 0) is 0 Å². The molecular weight excluding hydrogens is 1780 g/mol. The highest BCUT2D eigenvalue weighted by atomic mass is 16.6. The molecule has 0 aliphatic carbocycles. The summed E-state index contributed by atoms with van der Waals surface area (Å²) < 4.78 is 63.6. The van der Waals surface area contributed by atoms with E-state index in [0.29, 0.717) is 129 Å². The van der Waals surface area contributed by atoms with Gasteiger partial charge in [0, 0.05) is 53.5 Å². The minimum Gasteiger partial charge on any atom is -0.489 e. The van der Waals surface area contributed by atoms with Gasteiger partial charge >= 0.3 is 0 Å². The van der Waals surface area contributed by atoms with Crippen molar-refractivity contribution >= 4 is 34.9 Å². The minimum absolute atomic E-state index is 0.327. The Hall–Kier alpha value is -5.73. The normalized spacial score (nSPS) is 11.5. The highest BCUT2D eigenvalue weighted by molar-refractivity contribution is 5.71. The molecule has 1 aromatic heterocycles. The molecule has 0 aliphatic heterocycles. The van der Waals surface area contributed by atoms with Gasteiger partial charge in [0.05, 0.1) is 59.5 Å². The second kappa shape index (κ2) is 100. The second-order valence-electron chi connectivity index (χ2n) is 43.4. The summed E-state index contributed by atoms with van der Waals surface area (Å²) in [6.45, 7) is 25.9. The van der Waals surface area contributed by atoms with E-state index >= 15 is 0 Å². The van der Waals surface area contributed by atoms with Crippen LogP contribution in [0, 0.1) is 0 Å². The molecule has 3 N–H and O–H groups in total. The molecule has 0 unspecified atom stereocenters. The number of hydrogen-bond donors (Lipinski definition) is 3. The van der Waals surface area contributed by atoms with E-state index in [1.54, 1.807) is 0 Å². The maximum absolute atomic E-state index is 7.08. The lowest BCUT2D eigenvalue weighted by Gasteiger charge is -2.20. The van der Waals surface area contributed by atoms with Crippen molar-refractivity contribution in [3.8, 4) is 51.7 Å². The zero-order valence-electron chi connectivity index (χ0n) is 96.5. The highest BCUT2D eigenvalue weighted by Gasteiger charge is 2.24. The second-order valence-corrected chi connectivity index (χ2v) is 43.4. The first-order chi connectivity index (χ1) is 71.3. The van der Waals surface area contributed by atoms with Crippen molar-refractivity contribution in [3.63, 3.8) is 0 Å². The van der Waals surface area contributed by atoms with Crippen LogP contribution in [0.25, 0.3) is 0 Å². The summed E-state index contributed by atoms with van der Waals surface area (Å²) in [7, 11) is 0. The number of anilines is 6. The topological polar surface area (TPSA) is 158 Å². The number of rotatable bonds is 114. The average Bonchev–Trinajstić information content (AvgIpc) is 0.799. The summed E-state index contributed by atoms with van der Waals surface area (Å²) in [5, 5.41) is 11.4. The van der Waals surface area contributed by atoms with Crippen LogP contribution in [0.2, 0.25) is 0 Å². The number of unbranched alkanes of at least 4 members (excludes halogenated alkanes) is 81. The van der Waals surface area contributed by atoms with Gasteiger partial charge < -0.3 is 58.6 Å². The molecule has 15 heteroatoms. The van der Waals surface area contributed by atoms with E-state index in [1.165, 1.54) is 462 Å². The van der Waals surface area contributed by atoms with Crippen LogP contribution in [-0.4, -0.2) is 74.4 Å². The fourth-order valence-electron chi connectivity index (χ4n) is 19.9. The number of ether oxygens (including phenoxy) is 9. The Kier molecular flexibility index (Phi) is 91.1. The molecule has 0 radical (unpaired) electrons. The minimum atomic E-state index is 0.327. The van der Waals surface area contributed by atoms with Gasteiger partial charge in [-0.25, -0.2) is 0 Å². The zero-order valence-corrected chi connectivity index (χ0v) is 96.5. The number of hydrogen-bond acceptors (Lipinski definition) is 15. The summed E-state index contributed by atoms with van der Waals surface area (Å²) >= 11 is 0. The van der Waals surface area contributed by atoms with E-state index in [1.807, 2.05) is 0 Å². The van der Waals surface area contributed by atoms with Crippen LogP contribution in [0.5, 0.6) is 51.7 Å². The lowest BCUT2D eigenvalue weighted by atomic mass is 10.1.